The van der Waals surface area contributed by atoms with Crippen LogP contribution in [0.5, 0.6) is 0 Å². The fourth-order valence-corrected chi connectivity index (χ4v) is 6.57. The number of carboxylic acids is 1. The van der Waals surface area contributed by atoms with Crippen molar-refractivity contribution in [1.82, 2.24) is 14.5 Å². The second kappa shape index (κ2) is 8.31. The molecule has 1 spiro atoms. The number of nitrogens with one attached hydrogen (secondary N) is 1. The summed E-state index contributed by atoms with van der Waals surface area (Å²) in [5.74, 6) is -3.21. The Hall–Kier alpha value is -4.38. The van der Waals surface area contributed by atoms with Crippen LogP contribution in [-0.4, -0.2) is 51.8 Å². The molecule has 204 valence electrons. The molecule has 4 aromatic rings. The van der Waals surface area contributed by atoms with Crippen molar-refractivity contribution in [3.63, 3.8) is 0 Å². The zero-order valence-corrected chi connectivity index (χ0v) is 21.9. The van der Waals surface area contributed by atoms with Crippen LogP contribution < -0.4 is 21.4 Å². The van der Waals surface area contributed by atoms with Gasteiger partial charge in [-0.2, -0.15) is 0 Å². The average Bonchev–Trinajstić information content (AvgIpc) is 3.25. The number of carbonyl (C=O) groups is 1. The van der Waals surface area contributed by atoms with Gasteiger partial charge in [0.05, 0.1) is 16.8 Å². The van der Waals surface area contributed by atoms with Crippen molar-refractivity contribution in [2.45, 2.75) is 25.3 Å². The highest BCUT2D eigenvalue weighted by Gasteiger charge is 2.56. The zero-order chi connectivity index (χ0) is 28.1. The lowest BCUT2D eigenvalue weighted by Gasteiger charge is -2.26. The lowest BCUT2D eigenvalue weighted by atomic mass is 9.97. The van der Waals surface area contributed by atoms with Crippen LogP contribution in [0.4, 0.5) is 20.2 Å². The van der Waals surface area contributed by atoms with Gasteiger partial charge in [-0.25, -0.2) is 18.6 Å². The molecule has 4 heterocycles. The Morgan fingerprint density at radius 1 is 1.23 bits per heavy atom. The number of rotatable bonds is 4. The number of fused-ring (bicyclic) bond motifs is 4. The second-order valence-corrected chi connectivity index (χ2v) is 11.1. The molecule has 11 heteroatoms. The number of aromatic carboxylic acids is 1. The van der Waals surface area contributed by atoms with Gasteiger partial charge in [0.2, 0.25) is 5.43 Å². The highest BCUT2D eigenvalue weighted by Crippen LogP contribution is 2.56. The van der Waals surface area contributed by atoms with Gasteiger partial charge in [-0.3, -0.25) is 9.78 Å². The number of aromatic nitrogens is 3. The summed E-state index contributed by atoms with van der Waals surface area (Å²) in [7, 11) is 3.29. The first-order valence-corrected chi connectivity index (χ1v) is 13.1. The van der Waals surface area contributed by atoms with E-state index in [0.717, 1.165) is 18.9 Å². The summed E-state index contributed by atoms with van der Waals surface area (Å²) in [6.45, 7) is 1.34. The van der Waals surface area contributed by atoms with Crippen LogP contribution in [0.3, 0.4) is 0 Å². The molecule has 0 amide bonds. The van der Waals surface area contributed by atoms with E-state index in [2.05, 4.69) is 20.2 Å². The van der Waals surface area contributed by atoms with Crippen molar-refractivity contribution in [3.05, 3.63) is 69.4 Å². The number of benzene rings is 1. The highest BCUT2D eigenvalue weighted by atomic mass is 19.2. The molecule has 1 saturated carbocycles. The van der Waals surface area contributed by atoms with Gasteiger partial charge in [0.25, 0.3) is 0 Å². The van der Waals surface area contributed by atoms with Crippen molar-refractivity contribution in [1.29, 1.82) is 0 Å². The second-order valence-electron chi connectivity index (χ2n) is 11.1. The van der Waals surface area contributed by atoms with E-state index in [0.29, 0.717) is 64.5 Å². The Bertz CT molecular complexity index is 1850. The lowest BCUT2D eigenvalue weighted by Crippen LogP contribution is -2.24. The van der Waals surface area contributed by atoms with E-state index in [-0.39, 0.29) is 28.0 Å². The van der Waals surface area contributed by atoms with Crippen molar-refractivity contribution in [2.24, 2.45) is 18.2 Å². The molecule has 4 N–H and O–H groups in total. The molecule has 1 aliphatic heterocycles. The molecule has 2 fully saturated rings. The van der Waals surface area contributed by atoms with Crippen LogP contribution in [-0.2, 0) is 13.5 Å². The summed E-state index contributed by atoms with van der Waals surface area (Å²) in [6.07, 6.45) is 6.64. The maximum absolute atomic E-state index is 15.6. The monoisotopic (exact) mass is 544 g/mol. The Balaban J connectivity index is 1.51. The summed E-state index contributed by atoms with van der Waals surface area (Å²) in [5.41, 5.74) is 9.90. The molecule has 0 bridgehead atoms. The van der Waals surface area contributed by atoms with E-state index < -0.39 is 23.0 Å². The van der Waals surface area contributed by atoms with E-state index >= 15 is 4.39 Å². The topological polar surface area (TPSA) is 126 Å². The van der Waals surface area contributed by atoms with Crippen molar-refractivity contribution in [2.75, 3.05) is 30.4 Å². The van der Waals surface area contributed by atoms with Gasteiger partial charge >= 0.3 is 5.97 Å². The number of hydrogen-bond acceptors (Lipinski definition) is 7. The van der Waals surface area contributed by atoms with E-state index in [9.17, 15) is 19.1 Å². The number of pyridine rings is 3. The molecule has 7 rings (SSSR count). The Kier molecular flexibility index (Phi) is 5.12. The van der Waals surface area contributed by atoms with E-state index in [1.165, 1.54) is 10.8 Å². The molecule has 40 heavy (non-hydrogen) atoms. The normalized spacial score (nSPS) is 20.7. The summed E-state index contributed by atoms with van der Waals surface area (Å²) >= 11 is 0. The molecule has 1 aromatic carbocycles. The molecule has 2 aliphatic carbocycles. The number of nitrogens with zero attached hydrogens (tertiary/aromatic N) is 4. The fourth-order valence-electron chi connectivity index (χ4n) is 6.57. The minimum atomic E-state index is -1.33. The van der Waals surface area contributed by atoms with Crippen molar-refractivity contribution >= 4 is 28.4 Å². The number of nitrogens with two attached hydrogens (primary N) is 1. The van der Waals surface area contributed by atoms with E-state index in [1.54, 1.807) is 32.6 Å². The fraction of sp³-hybridized carbons (Fsp3) is 0.310. The first-order valence-electron chi connectivity index (χ1n) is 13.1. The lowest BCUT2D eigenvalue weighted by molar-refractivity contribution is 0.0695. The zero-order valence-electron chi connectivity index (χ0n) is 21.9. The van der Waals surface area contributed by atoms with Crippen molar-refractivity contribution < 1.29 is 18.7 Å². The number of aryl methyl sites for hydroxylation is 1. The number of hydrogen-bond donors (Lipinski definition) is 3. The van der Waals surface area contributed by atoms with Crippen LogP contribution in [0.15, 0.2) is 35.5 Å². The van der Waals surface area contributed by atoms with Gasteiger partial charge in [0.15, 0.2) is 11.6 Å². The standard InChI is InChI=1S/C29H26F2N6O3/c1-33-19-7-18(30)24(31)22-14(19)6-20-23(22)25(37-4-3-29(12-37)8-21(29)32)16(10-34-20)13-5-15-26(38)17(28(39)40)11-36(2)27(15)35-9-13/h5,7,9-11,21,33H,3-4,6,8,12,32H2,1-2H3,(H,39,40)/t21-,29-/m0/s1. The minimum absolute atomic E-state index is 0.0144. The maximum atomic E-state index is 15.6. The van der Waals surface area contributed by atoms with Crippen molar-refractivity contribution in [3.8, 4) is 22.3 Å². The predicted octanol–water partition coefficient (Wildman–Crippen LogP) is 3.51. The third-order valence-electron chi connectivity index (χ3n) is 8.83. The van der Waals surface area contributed by atoms with E-state index in [4.69, 9.17) is 5.73 Å². The average molecular weight is 545 g/mol. The molecular weight excluding hydrogens is 518 g/mol. The highest BCUT2D eigenvalue weighted by molar-refractivity contribution is 5.98. The third-order valence-corrected chi connectivity index (χ3v) is 8.83. The first-order chi connectivity index (χ1) is 19.1. The quantitative estimate of drug-likeness (QED) is 0.314. The SMILES string of the molecule is CNc1cc(F)c(F)c2c1Cc1ncc(-c3cnc4c(c3)c(=O)c(C(=O)O)cn4C)c(N3CC[C@]4(C[C@@H]4N)C3)c1-2. The number of anilines is 2. The predicted molar refractivity (Wildman–Crippen MR) is 147 cm³/mol. The smallest absolute Gasteiger partial charge is 0.341 e. The Labute approximate surface area is 227 Å². The van der Waals surface area contributed by atoms with Gasteiger partial charge in [0, 0.05) is 97.7 Å². The summed E-state index contributed by atoms with van der Waals surface area (Å²) in [6, 6.07) is 2.86. The summed E-state index contributed by atoms with van der Waals surface area (Å²) < 4.78 is 31.9. The van der Waals surface area contributed by atoms with Gasteiger partial charge in [-0.05, 0) is 24.5 Å². The molecule has 3 aromatic heterocycles. The molecule has 1 saturated heterocycles. The van der Waals surface area contributed by atoms with Crippen LogP contribution in [0.1, 0.15) is 34.5 Å². The maximum Gasteiger partial charge on any atom is 0.341 e. The Morgan fingerprint density at radius 2 is 2.00 bits per heavy atom. The van der Waals surface area contributed by atoms with Crippen LogP contribution >= 0.6 is 0 Å². The van der Waals surface area contributed by atoms with Crippen LogP contribution in [0.25, 0.3) is 33.3 Å². The molecule has 3 aliphatic rings. The van der Waals surface area contributed by atoms with Gasteiger partial charge in [-0.1, -0.05) is 0 Å². The third kappa shape index (κ3) is 3.33. The number of halogens is 2. The van der Waals surface area contributed by atoms with Crippen LogP contribution in [0, 0.1) is 17.0 Å². The van der Waals surface area contributed by atoms with Gasteiger partial charge in [0.1, 0.15) is 11.2 Å². The summed E-state index contributed by atoms with van der Waals surface area (Å²) in [5, 5.41) is 12.7. The molecule has 0 unspecified atom stereocenters. The molecule has 9 nitrogen and oxygen atoms in total. The minimum Gasteiger partial charge on any atom is -0.477 e. The van der Waals surface area contributed by atoms with Gasteiger partial charge in [-0.15, -0.1) is 0 Å². The van der Waals surface area contributed by atoms with E-state index in [1.807, 2.05) is 0 Å². The molecular formula is C29H26F2N6O3. The summed E-state index contributed by atoms with van der Waals surface area (Å²) in [4.78, 5) is 36.2. The molecule has 2 atom stereocenters. The van der Waals surface area contributed by atoms with Gasteiger partial charge < -0.3 is 25.6 Å². The Morgan fingerprint density at radius 3 is 2.67 bits per heavy atom. The largest absolute Gasteiger partial charge is 0.477 e. The van der Waals surface area contributed by atoms with Crippen LogP contribution in [0.2, 0.25) is 0 Å². The molecule has 0 radical (unpaired) electrons. The number of carboxylic acid groups (broad SMARTS) is 1. The first kappa shape index (κ1) is 24.6.